The Morgan fingerprint density at radius 3 is 2.29 bits per heavy atom. The van der Waals surface area contributed by atoms with Gasteiger partial charge in [0, 0.05) is 0 Å². The normalized spacial score (nSPS) is 10.5. The van der Waals surface area contributed by atoms with E-state index in [2.05, 4.69) is 37.3 Å². The third-order valence-corrected chi connectivity index (χ3v) is 3.13. The van der Waals surface area contributed by atoms with E-state index >= 15 is 0 Å². The zero-order chi connectivity index (χ0) is 12.3. The maximum absolute atomic E-state index is 9.88. The van der Waals surface area contributed by atoms with Gasteiger partial charge in [0.2, 0.25) is 0 Å². The van der Waals surface area contributed by atoms with E-state index in [0.29, 0.717) is 5.75 Å². The van der Waals surface area contributed by atoms with Crippen LogP contribution in [-0.4, -0.2) is 5.11 Å². The van der Waals surface area contributed by atoms with E-state index in [1.807, 2.05) is 19.1 Å². The molecule has 0 atom stereocenters. The van der Waals surface area contributed by atoms with Crippen LogP contribution >= 0.6 is 0 Å². The molecule has 0 bridgehead atoms. The Morgan fingerprint density at radius 1 is 0.882 bits per heavy atom. The van der Waals surface area contributed by atoms with E-state index < -0.39 is 0 Å². The fourth-order valence-electron chi connectivity index (χ4n) is 2.01. The lowest BCUT2D eigenvalue weighted by molar-refractivity contribution is 0.469. The van der Waals surface area contributed by atoms with Crippen molar-refractivity contribution in [3.63, 3.8) is 0 Å². The molecular formula is C16H18O. The summed E-state index contributed by atoms with van der Waals surface area (Å²) in [5.41, 5.74) is 4.57. The Labute approximate surface area is 103 Å². The van der Waals surface area contributed by atoms with Crippen LogP contribution in [0.5, 0.6) is 5.75 Å². The molecule has 2 aromatic rings. The Kier molecular flexibility index (Phi) is 3.48. The van der Waals surface area contributed by atoms with Crippen LogP contribution in [0.4, 0.5) is 0 Å². The third-order valence-electron chi connectivity index (χ3n) is 3.13. The maximum Gasteiger partial charge on any atom is 0.119 e. The van der Waals surface area contributed by atoms with Crippen LogP contribution in [-0.2, 0) is 12.8 Å². The molecule has 1 heteroatoms. The van der Waals surface area contributed by atoms with Gasteiger partial charge in [-0.1, -0.05) is 50.2 Å². The van der Waals surface area contributed by atoms with Gasteiger partial charge in [-0.3, -0.25) is 0 Å². The van der Waals surface area contributed by atoms with Crippen molar-refractivity contribution >= 4 is 0 Å². The fourth-order valence-corrected chi connectivity index (χ4v) is 2.01. The van der Waals surface area contributed by atoms with Crippen LogP contribution in [0.25, 0.3) is 11.1 Å². The number of aryl methyl sites for hydroxylation is 2. The van der Waals surface area contributed by atoms with Crippen LogP contribution in [0.2, 0.25) is 0 Å². The van der Waals surface area contributed by atoms with Crippen LogP contribution in [0, 0.1) is 0 Å². The molecule has 0 unspecified atom stereocenters. The van der Waals surface area contributed by atoms with Crippen molar-refractivity contribution in [2.75, 3.05) is 0 Å². The number of rotatable bonds is 3. The summed E-state index contributed by atoms with van der Waals surface area (Å²) in [4.78, 5) is 0. The van der Waals surface area contributed by atoms with Gasteiger partial charge in [-0.15, -0.1) is 0 Å². The molecule has 17 heavy (non-hydrogen) atoms. The minimum absolute atomic E-state index is 0.395. The predicted octanol–water partition coefficient (Wildman–Crippen LogP) is 4.18. The molecule has 0 aliphatic heterocycles. The van der Waals surface area contributed by atoms with Crippen LogP contribution in [0.3, 0.4) is 0 Å². The largest absolute Gasteiger partial charge is 0.508 e. The lowest BCUT2D eigenvalue weighted by Crippen LogP contribution is -1.85. The number of phenols is 1. The molecule has 2 aromatic carbocycles. The summed E-state index contributed by atoms with van der Waals surface area (Å²) in [6.45, 7) is 4.20. The first-order chi connectivity index (χ1) is 8.24. The van der Waals surface area contributed by atoms with Crippen LogP contribution in [0.15, 0.2) is 42.5 Å². The molecule has 0 heterocycles. The molecular weight excluding hydrogens is 208 g/mol. The summed E-state index contributed by atoms with van der Waals surface area (Å²) >= 11 is 0. The van der Waals surface area contributed by atoms with E-state index in [9.17, 15) is 5.11 Å². The molecule has 0 aliphatic carbocycles. The van der Waals surface area contributed by atoms with Crippen LogP contribution < -0.4 is 0 Å². The summed E-state index contributed by atoms with van der Waals surface area (Å²) in [7, 11) is 0. The molecule has 1 N–H and O–H groups in total. The first kappa shape index (κ1) is 11.7. The number of hydrogen-bond donors (Lipinski definition) is 1. The second-order valence-corrected chi connectivity index (χ2v) is 4.25. The molecule has 0 radical (unpaired) electrons. The molecule has 0 aliphatic rings. The number of phenolic OH excluding ortho intramolecular Hbond substituents is 1. The Balaban J connectivity index is 2.42. The van der Waals surface area contributed by atoms with E-state index in [1.54, 1.807) is 0 Å². The van der Waals surface area contributed by atoms with Gasteiger partial charge in [-0.25, -0.2) is 0 Å². The van der Waals surface area contributed by atoms with E-state index in [4.69, 9.17) is 0 Å². The van der Waals surface area contributed by atoms with E-state index in [-0.39, 0.29) is 0 Å². The summed E-state index contributed by atoms with van der Waals surface area (Å²) in [5, 5.41) is 9.88. The Morgan fingerprint density at radius 2 is 1.65 bits per heavy atom. The molecule has 0 spiro atoms. The highest BCUT2D eigenvalue weighted by molar-refractivity contribution is 5.66. The van der Waals surface area contributed by atoms with Crippen molar-refractivity contribution in [1.29, 1.82) is 0 Å². The molecule has 0 saturated carbocycles. The molecule has 0 fully saturated rings. The number of hydrogen-bond acceptors (Lipinski definition) is 1. The molecule has 2 rings (SSSR count). The molecule has 0 aromatic heterocycles. The smallest absolute Gasteiger partial charge is 0.119 e. The second kappa shape index (κ2) is 5.05. The zero-order valence-corrected chi connectivity index (χ0v) is 10.4. The zero-order valence-electron chi connectivity index (χ0n) is 10.4. The minimum Gasteiger partial charge on any atom is -0.508 e. The van der Waals surface area contributed by atoms with Gasteiger partial charge >= 0.3 is 0 Å². The van der Waals surface area contributed by atoms with Gasteiger partial charge < -0.3 is 5.11 Å². The summed E-state index contributed by atoms with van der Waals surface area (Å²) in [6, 6.07) is 14.4. The summed E-state index contributed by atoms with van der Waals surface area (Å²) in [5.74, 6) is 0.395. The van der Waals surface area contributed by atoms with Crippen molar-refractivity contribution in [2.24, 2.45) is 0 Å². The monoisotopic (exact) mass is 226 g/mol. The SMILES string of the molecule is CCc1cccc(-c2ccc(CC)c(O)c2)c1. The lowest BCUT2D eigenvalue weighted by atomic mass is 10.00. The third kappa shape index (κ3) is 2.50. The topological polar surface area (TPSA) is 20.2 Å². The minimum atomic E-state index is 0.395. The van der Waals surface area contributed by atoms with Crippen molar-refractivity contribution in [1.82, 2.24) is 0 Å². The number of benzene rings is 2. The first-order valence-electron chi connectivity index (χ1n) is 6.15. The maximum atomic E-state index is 9.88. The highest BCUT2D eigenvalue weighted by Gasteiger charge is 2.03. The molecule has 1 nitrogen and oxygen atoms in total. The van der Waals surface area contributed by atoms with E-state index in [1.165, 1.54) is 11.1 Å². The van der Waals surface area contributed by atoms with Gasteiger partial charge in [-0.05, 0) is 41.2 Å². The second-order valence-electron chi connectivity index (χ2n) is 4.25. The van der Waals surface area contributed by atoms with Gasteiger partial charge in [0.15, 0.2) is 0 Å². The summed E-state index contributed by atoms with van der Waals surface area (Å²) < 4.78 is 0. The van der Waals surface area contributed by atoms with Crippen molar-refractivity contribution < 1.29 is 5.11 Å². The highest BCUT2D eigenvalue weighted by Crippen LogP contribution is 2.27. The fraction of sp³-hybridized carbons (Fsp3) is 0.250. The lowest BCUT2D eigenvalue weighted by Gasteiger charge is -2.07. The quantitative estimate of drug-likeness (QED) is 0.832. The standard InChI is InChI=1S/C16H18O/c1-3-12-6-5-7-14(10-12)15-9-8-13(4-2)16(17)11-15/h5-11,17H,3-4H2,1-2H3. The van der Waals surface area contributed by atoms with Crippen LogP contribution in [0.1, 0.15) is 25.0 Å². The first-order valence-corrected chi connectivity index (χ1v) is 6.15. The van der Waals surface area contributed by atoms with Gasteiger partial charge in [0.25, 0.3) is 0 Å². The average Bonchev–Trinajstić information content (AvgIpc) is 2.38. The van der Waals surface area contributed by atoms with Crippen molar-refractivity contribution in [3.05, 3.63) is 53.6 Å². The van der Waals surface area contributed by atoms with E-state index in [0.717, 1.165) is 24.0 Å². The average molecular weight is 226 g/mol. The van der Waals surface area contributed by atoms with Gasteiger partial charge in [0.1, 0.15) is 5.75 Å². The predicted molar refractivity (Wildman–Crippen MR) is 72.3 cm³/mol. The van der Waals surface area contributed by atoms with Crippen molar-refractivity contribution in [3.8, 4) is 16.9 Å². The highest BCUT2D eigenvalue weighted by atomic mass is 16.3. The van der Waals surface area contributed by atoms with Crippen molar-refractivity contribution in [2.45, 2.75) is 26.7 Å². The molecule has 88 valence electrons. The van der Waals surface area contributed by atoms with Gasteiger partial charge in [-0.2, -0.15) is 0 Å². The summed E-state index contributed by atoms with van der Waals surface area (Å²) in [6.07, 6.45) is 1.90. The Hall–Kier alpha value is -1.76. The molecule has 0 saturated heterocycles. The van der Waals surface area contributed by atoms with Gasteiger partial charge in [0.05, 0.1) is 0 Å². The Bertz CT molecular complexity index is 515. The molecule has 0 amide bonds. The number of aromatic hydroxyl groups is 1.